The molecule has 0 spiro atoms. The van der Waals surface area contributed by atoms with Gasteiger partial charge in [-0.15, -0.1) is 0 Å². The molecule has 0 bridgehead atoms. The summed E-state index contributed by atoms with van der Waals surface area (Å²) in [6.07, 6.45) is 1.33. The standard InChI is InChI=1S/C16H13N5O3S/c1-8(25-16-19-6-10(5-17)15(18)21-16)14(23)9-2-3-12-11(4-9)20-13(22)7-24-12/h2-4,6,8H,7H2,1H3,(H,20,22)(H2,18,19,21)/t8-/m1/s1. The zero-order valence-corrected chi connectivity index (χ0v) is 14.0. The van der Waals surface area contributed by atoms with Crippen LogP contribution in [-0.4, -0.2) is 33.5 Å². The Labute approximate surface area is 147 Å². The Balaban J connectivity index is 1.76. The van der Waals surface area contributed by atoms with Gasteiger partial charge in [-0.05, 0) is 25.1 Å². The molecule has 1 atom stereocenters. The van der Waals surface area contributed by atoms with E-state index in [1.165, 1.54) is 6.20 Å². The predicted octanol–water partition coefficient (Wildman–Crippen LogP) is 1.62. The van der Waals surface area contributed by atoms with E-state index in [-0.39, 0.29) is 29.7 Å². The van der Waals surface area contributed by atoms with Crippen molar-refractivity contribution in [1.29, 1.82) is 5.26 Å². The maximum absolute atomic E-state index is 12.6. The van der Waals surface area contributed by atoms with E-state index >= 15 is 0 Å². The fourth-order valence-corrected chi connectivity index (χ4v) is 3.03. The SMILES string of the molecule is C[C@@H](Sc1ncc(C#N)c(N)n1)C(=O)c1ccc2c(c1)NC(=O)CO2. The van der Waals surface area contributed by atoms with Crippen LogP contribution in [0.15, 0.2) is 29.6 Å². The zero-order chi connectivity index (χ0) is 18.0. The van der Waals surface area contributed by atoms with E-state index in [9.17, 15) is 9.59 Å². The van der Waals surface area contributed by atoms with Crippen LogP contribution < -0.4 is 15.8 Å². The minimum atomic E-state index is -0.481. The number of carbonyl (C=O) groups is 2. The molecule has 9 heteroatoms. The first-order chi connectivity index (χ1) is 12.0. The van der Waals surface area contributed by atoms with Gasteiger partial charge in [0.2, 0.25) is 0 Å². The molecule has 0 saturated heterocycles. The summed E-state index contributed by atoms with van der Waals surface area (Å²) in [5.74, 6) is 0.188. The molecule has 1 amide bonds. The molecule has 0 aliphatic carbocycles. The number of fused-ring (bicyclic) bond motifs is 1. The van der Waals surface area contributed by atoms with Crippen LogP contribution in [0.25, 0.3) is 0 Å². The number of anilines is 2. The topological polar surface area (TPSA) is 131 Å². The van der Waals surface area contributed by atoms with Gasteiger partial charge in [-0.25, -0.2) is 9.97 Å². The fourth-order valence-electron chi connectivity index (χ4n) is 2.20. The van der Waals surface area contributed by atoms with Crippen LogP contribution in [0.2, 0.25) is 0 Å². The van der Waals surface area contributed by atoms with Gasteiger partial charge in [0.1, 0.15) is 23.2 Å². The summed E-state index contributed by atoms with van der Waals surface area (Å²) in [6, 6.07) is 6.76. The molecule has 0 unspecified atom stereocenters. The van der Waals surface area contributed by atoms with Gasteiger partial charge in [0.05, 0.1) is 17.1 Å². The van der Waals surface area contributed by atoms with Crippen molar-refractivity contribution in [2.75, 3.05) is 17.7 Å². The van der Waals surface area contributed by atoms with Crippen molar-refractivity contribution in [3.63, 3.8) is 0 Å². The first-order valence-electron chi connectivity index (χ1n) is 7.28. The molecule has 0 fully saturated rings. The number of thioether (sulfide) groups is 1. The zero-order valence-electron chi connectivity index (χ0n) is 13.1. The van der Waals surface area contributed by atoms with Gasteiger partial charge in [0.15, 0.2) is 17.5 Å². The number of ether oxygens (including phenoxy) is 1. The number of nitrogens with two attached hydrogens (primary N) is 1. The number of hydrogen-bond donors (Lipinski definition) is 2. The molecular weight excluding hydrogens is 342 g/mol. The monoisotopic (exact) mass is 355 g/mol. The van der Waals surface area contributed by atoms with E-state index in [0.29, 0.717) is 22.2 Å². The van der Waals surface area contributed by atoms with Crippen LogP contribution in [0.1, 0.15) is 22.8 Å². The lowest BCUT2D eigenvalue weighted by Gasteiger charge is -2.18. The summed E-state index contributed by atoms with van der Waals surface area (Å²) in [6.45, 7) is 1.68. The highest BCUT2D eigenvalue weighted by atomic mass is 32.2. The van der Waals surface area contributed by atoms with Crippen LogP contribution in [0.5, 0.6) is 5.75 Å². The lowest BCUT2D eigenvalue weighted by atomic mass is 10.1. The first kappa shape index (κ1) is 16.7. The third-order valence-electron chi connectivity index (χ3n) is 3.46. The highest BCUT2D eigenvalue weighted by Gasteiger charge is 2.22. The molecule has 1 aromatic heterocycles. The van der Waals surface area contributed by atoms with Gasteiger partial charge in [-0.3, -0.25) is 9.59 Å². The lowest BCUT2D eigenvalue weighted by Crippen LogP contribution is -2.25. The van der Waals surface area contributed by atoms with Crippen LogP contribution in [0.4, 0.5) is 11.5 Å². The Morgan fingerprint density at radius 3 is 3.04 bits per heavy atom. The largest absolute Gasteiger partial charge is 0.482 e. The van der Waals surface area contributed by atoms with E-state index in [0.717, 1.165) is 11.8 Å². The summed E-state index contributed by atoms with van der Waals surface area (Å²) in [5, 5.41) is 11.3. The highest BCUT2D eigenvalue weighted by molar-refractivity contribution is 8.00. The van der Waals surface area contributed by atoms with Crippen molar-refractivity contribution in [1.82, 2.24) is 9.97 Å². The molecule has 0 saturated carbocycles. The molecule has 8 nitrogen and oxygen atoms in total. The Hall–Kier alpha value is -3.12. The van der Waals surface area contributed by atoms with E-state index in [2.05, 4.69) is 15.3 Å². The molecule has 2 aromatic rings. The molecule has 2 heterocycles. The smallest absolute Gasteiger partial charge is 0.262 e. The first-order valence-corrected chi connectivity index (χ1v) is 8.16. The van der Waals surface area contributed by atoms with Crippen molar-refractivity contribution in [2.45, 2.75) is 17.3 Å². The minimum Gasteiger partial charge on any atom is -0.482 e. The van der Waals surface area contributed by atoms with Crippen LogP contribution in [0.3, 0.4) is 0 Å². The van der Waals surface area contributed by atoms with Crippen LogP contribution >= 0.6 is 11.8 Å². The number of amides is 1. The fraction of sp³-hybridized carbons (Fsp3) is 0.188. The molecule has 1 aliphatic rings. The van der Waals surface area contributed by atoms with Gasteiger partial charge < -0.3 is 15.8 Å². The second-order valence-corrected chi connectivity index (χ2v) is 6.54. The lowest BCUT2D eigenvalue weighted by molar-refractivity contribution is -0.118. The molecule has 1 aromatic carbocycles. The van der Waals surface area contributed by atoms with Gasteiger partial charge in [-0.1, -0.05) is 11.8 Å². The number of hydrogen-bond acceptors (Lipinski definition) is 8. The molecule has 3 N–H and O–H groups in total. The van der Waals surface area contributed by atoms with Crippen molar-refractivity contribution in [3.05, 3.63) is 35.5 Å². The van der Waals surface area contributed by atoms with Gasteiger partial charge in [-0.2, -0.15) is 5.26 Å². The molecule has 1 aliphatic heterocycles. The molecule has 3 rings (SSSR count). The summed E-state index contributed by atoms with van der Waals surface area (Å²) >= 11 is 1.14. The van der Waals surface area contributed by atoms with Crippen LogP contribution in [0, 0.1) is 11.3 Å². The van der Waals surface area contributed by atoms with E-state index in [1.54, 1.807) is 25.1 Å². The van der Waals surface area contributed by atoms with Crippen molar-refractivity contribution in [3.8, 4) is 11.8 Å². The van der Waals surface area contributed by atoms with E-state index in [4.69, 9.17) is 15.7 Å². The van der Waals surface area contributed by atoms with E-state index in [1.807, 2.05) is 6.07 Å². The Bertz CT molecular complexity index is 909. The van der Waals surface area contributed by atoms with Gasteiger partial charge in [0, 0.05) is 5.56 Å². The summed E-state index contributed by atoms with van der Waals surface area (Å²) in [5.41, 5.74) is 6.75. The Morgan fingerprint density at radius 2 is 2.32 bits per heavy atom. The average Bonchev–Trinajstić information content (AvgIpc) is 2.60. The number of Topliss-reactive ketones (excluding diaryl/α,β-unsaturated/α-hetero) is 1. The third kappa shape index (κ3) is 3.54. The summed E-state index contributed by atoms with van der Waals surface area (Å²) < 4.78 is 5.27. The minimum absolute atomic E-state index is 0.0377. The number of nitrogens with one attached hydrogen (secondary N) is 1. The molecular formula is C16H13N5O3S. The molecule has 25 heavy (non-hydrogen) atoms. The van der Waals surface area contributed by atoms with Crippen molar-refractivity contribution in [2.24, 2.45) is 0 Å². The molecule has 126 valence electrons. The summed E-state index contributed by atoms with van der Waals surface area (Å²) in [7, 11) is 0. The van der Waals surface area contributed by atoms with Gasteiger partial charge in [0.25, 0.3) is 5.91 Å². The second-order valence-electron chi connectivity index (χ2n) is 5.24. The number of carbonyl (C=O) groups excluding carboxylic acids is 2. The van der Waals surface area contributed by atoms with Crippen LogP contribution in [-0.2, 0) is 4.79 Å². The van der Waals surface area contributed by atoms with Crippen molar-refractivity contribution < 1.29 is 14.3 Å². The highest BCUT2D eigenvalue weighted by Crippen LogP contribution is 2.30. The normalized spacial score (nSPS) is 13.8. The number of nitriles is 1. The Kier molecular flexibility index (Phi) is 4.54. The predicted molar refractivity (Wildman–Crippen MR) is 91.4 cm³/mol. The third-order valence-corrected chi connectivity index (χ3v) is 4.44. The molecule has 0 radical (unpaired) electrons. The number of nitrogens with zero attached hydrogens (tertiary/aromatic N) is 3. The quantitative estimate of drug-likeness (QED) is 0.480. The number of benzene rings is 1. The number of nitrogen functional groups attached to an aromatic ring is 1. The second kappa shape index (κ2) is 6.78. The maximum atomic E-state index is 12.6. The van der Waals surface area contributed by atoms with E-state index < -0.39 is 5.25 Å². The number of ketones is 1. The maximum Gasteiger partial charge on any atom is 0.262 e. The van der Waals surface area contributed by atoms with Crippen molar-refractivity contribution >= 4 is 35.0 Å². The number of aromatic nitrogens is 2. The Morgan fingerprint density at radius 1 is 1.52 bits per heavy atom. The van der Waals surface area contributed by atoms with Gasteiger partial charge >= 0.3 is 0 Å². The average molecular weight is 355 g/mol. The number of rotatable bonds is 4. The summed E-state index contributed by atoms with van der Waals surface area (Å²) in [4.78, 5) is 32.0.